The van der Waals surface area contributed by atoms with E-state index in [1.807, 2.05) is 6.92 Å². The highest BCUT2D eigenvalue weighted by molar-refractivity contribution is 7.89. The molecule has 1 aliphatic heterocycles. The highest BCUT2D eigenvalue weighted by Gasteiger charge is 2.34. The van der Waals surface area contributed by atoms with Crippen molar-refractivity contribution in [1.82, 2.24) is 14.6 Å². The van der Waals surface area contributed by atoms with E-state index in [2.05, 4.69) is 10.3 Å². The second-order valence-corrected chi connectivity index (χ2v) is 6.16. The van der Waals surface area contributed by atoms with Crippen LogP contribution in [0, 0.1) is 10.1 Å². The third-order valence-electron chi connectivity index (χ3n) is 2.86. The Bertz CT molecular complexity index is 595. The molecule has 0 amide bonds. The van der Waals surface area contributed by atoms with Crippen LogP contribution in [0.3, 0.4) is 0 Å². The van der Waals surface area contributed by atoms with Crippen molar-refractivity contribution in [2.75, 3.05) is 19.6 Å². The monoisotopic (exact) mass is 322 g/mol. The van der Waals surface area contributed by atoms with Crippen LogP contribution in [-0.2, 0) is 10.0 Å². The standard InChI is InChI=1S/C10H14N4O4S.ClH/c1-8-7-13(6-5-11-8)19(17,18)10-9(14(15)16)3-2-4-12-10;/h2-4,8,11H,5-7H2,1H3;1H. The fourth-order valence-corrected chi connectivity index (χ4v) is 3.55. The zero-order valence-electron chi connectivity index (χ0n) is 10.7. The minimum absolute atomic E-state index is 0. The molecule has 0 saturated carbocycles. The molecule has 1 atom stereocenters. The summed E-state index contributed by atoms with van der Waals surface area (Å²) in [5.41, 5.74) is -0.492. The molecule has 1 aromatic heterocycles. The summed E-state index contributed by atoms with van der Waals surface area (Å²) in [6.45, 7) is 2.92. The van der Waals surface area contributed by atoms with Crippen LogP contribution in [0.25, 0.3) is 0 Å². The van der Waals surface area contributed by atoms with Gasteiger partial charge in [-0.25, -0.2) is 13.4 Å². The summed E-state index contributed by atoms with van der Waals surface area (Å²) < 4.78 is 26.0. The van der Waals surface area contributed by atoms with Gasteiger partial charge in [-0.15, -0.1) is 12.4 Å². The number of pyridine rings is 1. The van der Waals surface area contributed by atoms with E-state index in [-0.39, 0.29) is 31.5 Å². The summed E-state index contributed by atoms with van der Waals surface area (Å²) in [7, 11) is -3.93. The number of nitro groups is 1. The maximum Gasteiger partial charge on any atom is 0.308 e. The lowest BCUT2D eigenvalue weighted by atomic mass is 10.3. The van der Waals surface area contributed by atoms with Crippen LogP contribution in [0.5, 0.6) is 0 Å². The summed E-state index contributed by atoms with van der Waals surface area (Å²) in [5, 5.41) is 13.5. The molecule has 1 aromatic rings. The molecule has 2 rings (SSSR count). The predicted molar refractivity (Wildman–Crippen MR) is 74.4 cm³/mol. The van der Waals surface area contributed by atoms with Gasteiger partial charge < -0.3 is 5.32 Å². The highest BCUT2D eigenvalue weighted by Crippen LogP contribution is 2.24. The number of aromatic nitrogens is 1. The number of hydrogen-bond donors (Lipinski definition) is 1. The third kappa shape index (κ3) is 3.23. The topological polar surface area (TPSA) is 105 Å². The van der Waals surface area contributed by atoms with Crippen molar-refractivity contribution < 1.29 is 13.3 Å². The number of piperazine rings is 1. The predicted octanol–water partition coefficient (Wildman–Crippen LogP) is 0.394. The van der Waals surface area contributed by atoms with E-state index >= 15 is 0 Å². The molecular formula is C10H15ClN4O4S. The molecule has 1 aliphatic rings. The van der Waals surface area contributed by atoms with Gasteiger partial charge in [-0.2, -0.15) is 4.31 Å². The Morgan fingerprint density at radius 2 is 2.25 bits per heavy atom. The van der Waals surface area contributed by atoms with Crippen molar-refractivity contribution in [1.29, 1.82) is 0 Å². The summed E-state index contributed by atoms with van der Waals surface area (Å²) in [5.74, 6) is 0. The van der Waals surface area contributed by atoms with Gasteiger partial charge in [0.15, 0.2) is 0 Å². The summed E-state index contributed by atoms with van der Waals surface area (Å²) in [4.78, 5) is 13.8. The Morgan fingerprint density at radius 1 is 1.55 bits per heavy atom. The molecule has 0 spiro atoms. The van der Waals surface area contributed by atoms with Crippen molar-refractivity contribution in [3.8, 4) is 0 Å². The second-order valence-electron chi connectivity index (χ2n) is 4.30. The Balaban J connectivity index is 0.00000200. The maximum absolute atomic E-state index is 12.4. The normalized spacial score (nSPS) is 20.1. The van der Waals surface area contributed by atoms with Crippen molar-refractivity contribution in [2.24, 2.45) is 0 Å². The third-order valence-corrected chi connectivity index (χ3v) is 4.68. The lowest BCUT2D eigenvalue weighted by Crippen LogP contribution is -2.51. The van der Waals surface area contributed by atoms with Crippen LogP contribution in [0.1, 0.15) is 6.92 Å². The Hall–Kier alpha value is -1.29. The second kappa shape index (κ2) is 6.44. The Kier molecular flexibility index (Phi) is 5.40. The zero-order chi connectivity index (χ0) is 14.0. The van der Waals surface area contributed by atoms with Gasteiger partial charge >= 0.3 is 5.69 Å². The van der Waals surface area contributed by atoms with E-state index in [1.54, 1.807) is 0 Å². The highest BCUT2D eigenvalue weighted by atomic mass is 35.5. The Labute approximate surface area is 122 Å². The molecule has 1 N–H and O–H groups in total. The molecule has 1 unspecified atom stereocenters. The summed E-state index contributed by atoms with van der Waals surface area (Å²) in [6, 6.07) is 2.49. The summed E-state index contributed by atoms with van der Waals surface area (Å²) >= 11 is 0. The first kappa shape index (κ1) is 16.8. The minimum atomic E-state index is -3.93. The number of hydrogen-bond acceptors (Lipinski definition) is 6. The number of halogens is 1. The number of nitrogens with zero attached hydrogens (tertiary/aromatic N) is 3. The van der Waals surface area contributed by atoms with Crippen LogP contribution in [0.15, 0.2) is 23.4 Å². The molecule has 2 heterocycles. The SMILES string of the molecule is CC1CN(S(=O)(=O)c2ncccc2[N+](=O)[O-])CCN1.Cl. The molecule has 0 aliphatic carbocycles. The number of rotatable bonds is 3. The molecular weight excluding hydrogens is 308 g/mol. The largest absolute Gasteiger partial charge is 0.312 e. The molecule has 0 aromatic carbocycles. The van der Waals surface area contributed by atoms with Gasteiger partial charge in [-0.05, 0) is 13.0 Å². The molecule has 1 saturated heterocycles. The van der Waals surface area contributed by atoms with E-state index in [1.165, 1.54) is 16.6 Å². The first-order chi connectivity index (χ1) is 8.93. The van der Waals surface area contributed by atoms with Crippen LogP contribution in [0.4, 0.5) is 5.69 Å². The molecule has 112 valence electrons. The van der Waals surface area contributed by atoms with Crippen LogP contribution in [-0.4, -0.2) is 48.3 Å². The van der Waals surface area contributed by atoms with E-state index in [0.29, 0.717) is 6.54 Å². The first-order valence-corrected chi connectivity index (χ1v) is 7.20. The Morgan fingerprint density at radius 3 is 2.85 bits per heavy atom. The number of sulfonamides is 1. The van der Waals surface area contributed by atoms with Crippen molar-refractivity contribution in [3.63, 3.8) is 0 Å². The molecule has 10 heteroatoms. The average Bonchev–Trinajstić information content (AvgIpc) is 2.38. The van der Waals surface area contributed by atoms with Crippen molar-refractivity contribution in [2.45, 2.75) is 18.0 Å². The van der Waals surface area contributed by atoms with E-state index < -0.39 is 25.7 Å². The van der Waals surface area contributed by atoms with Gasteiger partial charge in [0, 0.05) is 37.9 Å². The quantitative estimate of drug-likeness (QED) is 0.637. The fourth-order valence-electron chi connectivity index (χ4n) is 1.96. The molecule has 0 bridgehead atoms. The zero-order valence-corrected chi connectivity index (χ0v) is 12.4. The van der Waals surface area contributed by atoms with Gasteiger partial charge in [-0.3, -0.25) is 10.1 Å². The van der Waals surface area contributed by atoms with E-state index in [9.17, 15) is 18.5 Å². The molecule has 8 nitrogen and oxygen atoms in total. The van der Waals surface area contributed by atoms with Crippen LogP contribution < -0.4 is 5.32 Å². The first-order valence-electron chi connectivity index (χ1n) is 5.76. The number of nitrogens with one attached hydrogen (secondary N) is 1. The van der Waals surface area contributed by atoms with E-state index in [4.69, 9.17) is 0 Å². The maximum atomic E-state index is 12.4. The van der Waals surface area contributed by atoms with E-state index in [0.717, 1.165) is 6.07 Å². The lowest BCUT2D eigenvalue weighted by Gasteiger charge is -2.30. The van der Waals surface area contributed by atoms with Gasteiger partial charge in [0.25, 0.3) is 10.0 Å². The fraction of sp³-hybridized carbons (Fsp3) is 0.500. The molecule has 1 fully saturated rings. The summed E-state index contributed by atoms with van der Waals surface area (Å²) in [6.07, 6.45) is 1.24. The average molecular weight is 323 g/mol. The van der Waals surface area contributed by atoms with Gasteiger partial charge in [-0.1, -0.05) is 0 Å². The van der Waals surface area contributed by atoms with Crippen LogP contribution in [0.2, 0.25) is 0 Å². The van der Waals surface area contributed by atoms with Gasteiger partial charge in [0.1, 0.15) is 0 Å². The smallest absolute Gasteiger partial charge is 0.308 e. The van der Waals surface area contributed by atoms with Gasteiger partial charge in [0.05, 0.1) is 4.92 Å². The van der Waals surface area contributed by atoms with Crippen molar-refractivity contribution >= 4 is 28.1 Å². The van der Waals surface area contributed by atoms with Crippen LogP contribution >= 0.6 is 12.4 Å². The lowest BCUT2D eigenvalue weighted by molar-refractivity contribution is -0.388. The van der Waals surface area contributed by atoms with Crippen molar-refractivity contribution in [3.05, 3.63) is 28.4 Å². The molecule has 0 radical (unpaired) electrons. The minimum Gasteiger partial charge on any atom is -0.312 e. The molecule has 20 heavy (non-hydrogen) atoms. The van der Waals surface area contributed by atoms with Gasteiger partial charge in [0.2, 0.25) is 5.03 Å².